The van der Waals surface area contributed by atoms with Gasteiger partial charge in [0.15, 0.2) is 0 Å². The van der Waals surface area contributed by atoms with Crippen molar-refractivity contribution in [2.45, 2.75) is 0 Å². The minimum absolute atomic E-state index is 0.0000740. The maximum absolute atomic E-state index is 9.22. The molecule has 0 bridgehead atoms. The van der Waals surface area contributed by atoms with E-state index in [2.05, 4.69) is 102 Å². The van der Waals surface area contributed by atoms with Crippen molar-refractivity contribution in [2.24, 2.45) is 0 Å². The third-order valence-corrected chi connectivity index (χ3v) is 9.49. The molecule has 2 heterocycles. The standard InChI is InChI=1S/C48H32N2/c1-3-13-33(14-4-1)34-23-27-38(28-24-34)49-45-21-11-8-18-40(45)42-31-36(25-29-47(42)49)37-26-30-48-43(32-37)41-19-9-12-22-46(41)50(48)44-20-10-7-17-39(44)35-15-5-2-6-16-35/h1-32H/i1D,3D,4D,13D,14D,23D,24D,27D,28D. The predicted molar refractivity (Wildman–Crippen MR) is 211 cm³/mol. The number of para-hydroxylation sites is 3. The van der Waals surface area contributed by atoms with E-state index >= 15 is 0 Å². The van der Waals surface area contributed by atoms with Crippen LogP contribution in [-0.4, -0.2) is 9.13 Å². The third-order valence-electron chi connectivity index (χ3n) is 9.49. The van der Waals surface area contributed by atoms with E-state index in [0.29, 0.717) is 11.0 Å². The fourth-order valence-corrected chi connectivity index (χ4v) is 7.25. The van der Waals surface area contributed by atoms with Crippen LogP contribution in [0.25, 0.3) is 88.4 Å². The summed E-state index contributed by atoms with van der Waals surface area (Å²) in [5.74, 6) is 0. The van der Waals surface area contributed by atoms with E-state index in [9.17, 15) is 2.74 Å². The molecule has 0 aliphatic heterocycles. The Morgan fingerprint density at radius 1 is 0.340 bits per heavy atom. The maximum atomic E-state index is 9.22. The van der Waals surface area contributed by atoms with Gasteiger partial charge in [-0.05, 0) is 82.4 Å². The Labute approximate surface area is 303 Å². The average Bonchev–Trinajstić information content (AvgIpc) is 3.78. The first-order valence-corrected chi connectivity index (χ1v) is 16.5. The van der Waals surface area contributed by atoms with Crippen LogP contribution in [0.15, 0.2) is 194 Å². The molecule has 0 aliphatic carbocycles. The number of hydrogen-bond acceptors (Lipinski definition) is 0. The van der Waals surface area contributed by atoms with Gasteiger partial charge in [-0.15, -0.1) is 0 Å². The van der Waals surface area contributed by atoms with Gasteiger partial charge in [0.2, 0.25) is 0 Å². The highest BCUT2D eigenvalue weighted by molar-refractivity contribution is 6.13. The molecule has 0 atom stereocenters. The van der Waals surface area contributed by atoms with E-state index in [-0.39, 0.29) is 16.8 Å². The van der Waals surface area contributed by atoms with Gasteiger partial charge in [-0.3, -0.25) is 0 Å². The van der Waals surface area contributed by atoms with Crippen LogP contribution in [0.4, 0.5) is 0 Å². The number of fused-ring (bicyclic) bond motifs is 6. The summed E-state index contributed by atoms with van der Waals surface area (Å²) in [5, 5.41) is 3.93. The molecule has 0 N–H and O–H groups in total. The van der Waals surface area contributed by atoms with E-state index in [1.54, 1.807) is 4.57 Å². The van der Waals surface area contributed by atoms with Crippen LogP contribution in [0.3, 0.4) is 0 Å². The Kier molecular flexibility index (Phi) is 4.76. The van der Waals surface area contributed by atoms with Crippen molar-refractivity contribution in [1.29, 1.82) is 0 Å². The molecule has 0 saturated heterocycles. The summed E-state index contributed by atoms with van der Waals surface area (Å²) in [6.07, 6.45) is 0. The zero-order valence-electron chi connectivity index (χ0n) is 35.7. The van der Waals surface area contributed by atoms with Crippen LogP contribution in [0.1, 0.15) is 12.3 Å². The summed E-state index contributed by atoms with van der Waals surface area (Å²) < 4.78 is 82.0. The smallest absolute Gasteiger partial charge is 0.0645 e. The van der Waals surface area contributed by atoms with E-state index in [0.717, 1.165) is 60.5 Å². The minimum Gasteiger partial charge on any atom is -0.309 e. The van der Waals surface area contributed by atoms with Crippen LogP contribution in [0.2, 0.25) is 0 Å². The maximum Gasteiger partial charge on any atom is 0.0645 e. The van der Waals surface area contributed by atoms with Crippen LogP contribution in [0, 0.1) is 0 Å². The zero-order chi connectivity index (χ0) is 40.9. The molecule has 0 radical (unpaired) electrons. The van der Waals surface area contributed by atoms with Crippen molar-refractivity contribution in [3.05, 3.63) is 194 Å². The Morgan fingerprint density at radius 2 is 0.860 bits per heavy atom. The Bertz CT molecular complexity index is 3330. The van der Waals surface area contributed by atoms with Crippen LogP contribution >= 0.6 is 0 Å². The topological polar surface area (TPSA) is 9.86 Å². The average molecular weight is 646 g/mol. The highest BCUT2D eigenvalue weighted by Gasteiger charge is 2.17. The monoisotopic (exact) mass is 645 g/mol. The molecule has 0 saturated carbocycles. The van der Waals surface area contributed by atoms with Gasteiger partial charge in [0.1, 0.15) is 0 Å². The van der Waals surface area contributed by atoms with Crippen LogP contribution in [0.5, 0.6) is 0 Å². The lowest BCUT2D eigenvalue weighted by Gasteiger charge is -2.14. The van der Waals surface area contributed by atoms with Crippen molar-refractivity contribution >= 4 is 43.6 Å². The molecule has 2 heteroatoms. The summed E-state index contributed by atoms with van der Waals surface area (Å²) in [6.45, 7) is 0. The largest absolute Gasteiger partial charge is 0.309 e. The Balaban J connectivity index is 1.15. The van der Waals surface area contributed by atoms with Gasteiger partial charge in [0, 0.05) is 32.8 Å². The molecule has 0 fully saturated rings. The lowest BCUT2D eigenvalue weighted by atomic mass is 10.0. The Morgan fingerprint density at radius 3 is 1.54 bits per heavy atom. The molecular weight excluding hydrogens is 605 g/mol. The molecule has 2 aromatic heterocycles. The summed E-state index contributed by atoms with van der Waals surface area (Å²) in [4.78, 5) is 0. The number of hydrogen-bond donors (Lipinski definition) is 0. The van der Waals surface area contributed by atoms with Gasteiger partial charge < -0.3 is 9.13 Å². The minimum atomic E-state index is -0.613. The number of aromatic nitrogens is 2. The highest BCUT2D eigenvalue weighted by atomic mass is 15.0. The first-order valence-electron chi connectivity index (χ1n) is 21.0. The number of benzene rings is 8. The second-order valence-corrected chi connectivity index (χ2v) is 12.3. The SMILES string of the molecule is [2H]c1c([2H])c([2H])c(-c2c([2H])c([2H])c(-n3c4ccccc4c4cc(-c5ccc6c(c5)c5ccccc5n6-c5ccccc5-c5ccccc5)ccc43)c([2H])c2[2H])c([2H])c1[2H]. The molecule has 2 nitrogen and oxygen atoms in total. The van der Waals surface area contributed by atoms with Crippen molar-refractivity contribution in [1.82, 2.24) is 9.13 Å². The van der Waals surface area contributed by atoms with Gasteiger partial charge in [0.05, 0.1) is 40.1 Å². The van der Waals surface area contributed by atoms with Gasteiger partial charge in [-0.1, -0.05) is 139 Å². The van der Waals surface area contributed by atoms with Gasteiger partial charge in [-0.25, -0.2) is 0 Å². The summed E-state index contributed by atoms with van der Waals surface area (Å²) in [6, 6.07) is 42.7. The molecule has 0 aliphatic rings. The third kappa shape index (κ3) is 4.50. The number of nitrogens with zero attached hydrogens (tertiary/aromatic N) is 2. The molecule has 8 aromatic carbocycles. The highest BCUT2D eigenvalue weighted by Crippen LogP contribution is 2.40. The van der Waals surface area contributed by atoms with Crippen molar-refractivity contribution < 1.29 is 12.3 Å². The van der Waals surface area contributed by atoms with Crippen LogP contribution < -0.4 is 0 Å². The lowest BCUT2D eigenvalue weighted by Crippen LogP contribution is -1.97. The molecule has 50 heavy (non-hydrogen) atoms. The molecule has 234 valence electrons. The molecule has 0 spiro atoms. The molecule has 10 rings (SSSR count). The molecule has 10 aromatic rings. The van der Waals surface area contributed by atoms with Crippen LogP contribution in [-0.2, 0) is 0 Å². The lowest BCUT2D eigenvalue weighted by molar-refractivity contribution is 1.18. The summed E-state index contributed by atoms with van der Waals surface area (Å²) in [5.41, 5.74) is 8.11. The first kappa shape index (κ1) is 20.7. The number of rotatable bonds is 5. The van der Waals surface area contributed by atoms with E-state index in [4.69, 9.17) is 9.60 Å². The van der Waals surface area contributed by atoms with Crippen molar-refractivity contribution in [3.63, 3.8) is 0 Å². The van der Waals surface area contributed by atoms with E-state index < -0.39 is 54.4 Å². The summed E-state index contributed by atoms with van der Waals surface area (Å²) in [7, 11) is 0. The fraction of sp³-hybridized carbons (Fsp3) is 0. The fourth-order valence-electron chi connectivity index (χ4n) is 7.25. The van der Waals surface area contributed by atoms with Crippen molar-refractivity contribution in [2.75, 3.05) is 0 Å². The zero-order valence-corrected chi connectivity index (χ0v) is 26.7. The normalized spacial score (nSPS) is 14.1. The Hall–Kier alpha value is -6.64. The summed E-state index contributed by atoms with van der Waals surface area (Å²) >= 11 is 0. The van der Waals surface area contributed by atoms with Crippen molar-refractivity contribution in [3.8, 4) is 44.8 Å². The predicted octanol–water partition coefficient (Wildman–Crippen LogP) is 12.9. The molecular formula is C48H32N2. The van der Waals surface area contributed by atoms with E-state index in [1.807, 2.05) is 42.5 Å². The van der Waals surface area contributed by atoms with Gasteiger partial charge >= 0.3 is 0 Å². The molecule has 0 amide bonds. The molecule has 0 unspecified atom stereocenters. The van der Waals surface area contributed by atoms with Gasteiger partial charge in [-0.2, -0.15) is 0 Å². The first-order chi connectivity index (χ1) is 28.6. The van der Waals surface area contributed by atoms with Gasteiger partial charge in [0.25, 0.3) is 0 Å². The quantitative estimate of drug-likeness (QED) is 0.176. The second-order valence-electron chi connectivity index (χ2n) is 12.3. The second kappa shape index (κ2) is 11.5. The van der Waals surface area contributed by atoms with E-state index in [1.165, 1.54) is 0 Å².